The smallest absolute Gasteiger partial charge is 0.189 e. The molecule has 0 bridgehead atoms. The Morgan fingerprint density at radius 3 is 3.09 bits per heavy atom. The average molecular weight is 465 g/mol. The Kier molecular flexibility index (Phi) is 8.03. The van der Waals surface area contributed by atoms with Gasteiger partial charge in [0.25, 0.3) is 0 Å². The molecule has 180 valence electrons. The summed E-state index contributed by atoms with van der Waals surface area (Å²) in [5, 5.41) is 3.52. The molecule has 0 saturated carbocycles. The van der Waals surface area contributed by atoms with Crippen LogP contribution in [0.2, 0.25) is 0 Å². The molecule has 3 aliphatic heterocycles. The Hall–Kier alpha value is -3.10. The fraction of sp³-hybridized carbons (Fsp3) is 0.480. The van der Waals surface area contributed by atoms with Crippen LogP contribution in [0.15, 0.2) is 68.6 Å². The number of hydrogen-bond donors (Lipinski definition) is 1. The number of rotatable bonds is 8. The van der Waals surface area contributed by atoms with Crippen molar-refractivity contribution in [3.05, 3.63) is 53.6 Å². The number of nitrogens with zero attached hydrogens (tertiary/aromatic N) is 5. The number of ketones is 1. The zero-order chi connectivity index (χ0) is 23.9. The van der Waals surface area contributed by atoms with E-state index in [1.807, 2.05) is 13.1 Å². The minimum absolute atomic E-state index is 0.0885. The highest BCUT2D eigenvalue weighted by Gasteiger charge is 2.35. The first-order chi connectivity index (χ1) is 16.6. The standard InChI is InChI=1S/C25H32N6O3/c1-4-23-28-19(7-10-24(29-23)30(3)16-26-2)25-20(32)11-13-31(25)14-12-27-15-18-5-8-21-22(9-6-18)34-17-33-21/h4-5,8,10,16,22,25,27H,1,6,9,11-15,17H2,2-3H3. The Morgan fingerprint density at radius 1 is 1.38 bits per heavy atom. The van der Waals surface area contributed by atoms with E-state index in [0.717, 1.165) is 38.2 Å². The summed E-state index contributed by atoms with van der Waals surface area (Å²) < 4.78 is 11.1. The lowest BCUT2D eigenvalue weighted by Crippen LogP contribution is -2.39. The van der Waals surface area contributed by atoms with Crippen LogP contribution in [0.3, 0.4) is 0 Å². The number of Topliss-reactive ketones (excluding diaryl/α,β-unsaturated/α-hetero) is 1. The van der Waals surface area contributed by atoms with E-state index in [2.05, 4.69) is 43.6 Å². The predicted octanol–water partition coefficient (Wildman–Crippen LogP) is 1.82. The van der Waals surface area contributed by atoms with Crippen molar-refractivity contribution < 1.29 is 14.3 Å². The molecule has 9 nitrogen and oxygen atoms in total. The molecule has 3 heterocycles. The molecule has 4 aliphatic rings. The molecule has 0 radical (unpaired) electrons. The molecule has 9 heteroatoms. The number of hydrogen-bond acceptors (Lipinski definition) is 8. The maximum atomic E-state index is 12.8. The van der Waals surface area contributed by atoms with Gasteiger partial charge in [0, 0.05) is 52.8 Å². The predicted molar refractivity (Wildman–Crippen MR) is 133 cm³/mol. The van der Waals surface area contributed by atoms with Gasteiger partial charge in [-0.15, -0.1) is 0 Å². The van der Waals surface area contributed by atoms with Crippen molar-refractivity contribution in [1.82, 2.24) is 15.1 Å². The zero-order valence-electron chi connectivity index (χ0n) is 19.9. The third kappa shape index (κ3) is 5.69. The highest BCUT2D eigenvalue weighted by molar-refractivity contribution is 6.10. The van der Waals surface area contributed by atoms with E-state index >= 15 is 0 Å². The lowest BCUT2D eigenvalue weighted by atomic mass is 10.1. The first-order valence-electron chi connectivity index (χ1n) is 11.6. The number of allylic oxidation sites excluding steroid dienone is 2. The molecule has 2 fully saturated rings. The fourth-order valence-corrected chi connectivity index (χ4v) is 4.36. The SMILES string of the molecule is C=CC1=NC(C2C(=O)CCN2CCNCC2=CC=C3OCOC3CC2)=C=CC(N(C)C=NC)=N1. The highest BCUT2D eigenvalue weighted by Crippen LogP contribution is 2.26. The minimum atomic E-state index is -0.428. The van der Waals surface area contributed by atoms with Crippen LogP contribution in [0, 0.1) is 0 Å². The molecular formula is C25H32N6O3. The third-order valence-electron chi connectivity index (χ3n) is 6.17. The van der Waals surface area contributed by atoms with E-state index in [1.54, 1.807) is 30.4 Å². The fourth-order valence-electron chi connectivity index (χ4n) is 4.36. The van der Waals surface area contributed by atoms with Crippen LogP contribution in [-0.4, -0.2) is 92.8 Å². The number of likely N-dealkylation sites (N-methyl/N-ethyl adjacent to an activating group) is 1. The first-order valence-corrected chi connectivity index (χ1v) is 11.6. The molecular weight excluding hydrogens is 432 g/mol. The van der Waals surface area contributed by atoms with Gasteiger partial charge in [-0.2, -0.15) is 0 Å². The number of carbonyl (C=O) groups is 1. The number of ether oxygens (including phenoxy) is 2. The van der Waals surface area contributed by atoms with Crippen LogP contribution in [0.5, 0.6) is 0 Å². The van der Waals surface area contributed by atoms with Crippen molar-refractivity contribution in [1.29, 1.82) is 0 Å². The first kappa shape index (κ1) is 24.0. The van der Waals surface area contributed by atoms with Crippen molar-refractivity contribution in [3.63, 3.8) is 0 Å². The molecule has 0 aromatic heterocycles. The second-order valence-electron chi connectivity index (χ2n) is 8.48. The highest BCUT2D eigenvalue weighted by atomic mass is 16.7. The maximum Gasteiger partial charge on any atom is 0.189 e. The lowest BCUT2D eigenvalue weighted by Gasteiger charge is -2.23. The lowest BCUT2D eigenvalue weighted by molar-refractivity contribution is -0.119. The topological polar surface area (TPSA) is 91.1 Å². The van der Waals surface area contributed by atoms with Crippen LogP contribution in [0.1, 0.15) is 19.3 Å². The second kappa shape index (κ2) is 11.4. The van der Waals surface area contributed by atoms with E-state index in [1.165, 1.54) is 5.57 Å². The Balaban J connectivity index is 1.37. The average Bonchev–Trinajstić information content (AvgIpc) is 3.30. The van der Waals surface area contributed by atoms with Gasteiger partial charge in [-0.05, 0) is 25.0 Å². The van der Waals surface area contributed by atoms with Crippen LogP contribution in [0.4, 0.5) is 0 Å². The van der Waals surface area contributed by atoms with Gasteiger partial charge in [0.05, 0.1) is 6.34 Å². The Morgan fingerprint density at radius 2 is 2.26 bits per heavy atom. The minimum Gasteiger partial charge on any atom is -0.469 e. The van der Waals surface area contributed by atoms with Crippen LogP contribution < -0.4 is 5.32 Å². The van der Waals surface area contributed by atoms with E-state index in [4.69, 9.17) is 9.47 Å². The summed E-state index contributed by atoms with van der Waals surface area (Å²) in [6.45, 7) is 7.18. The number of amidine groups is 2. The van der Waals surface area contributed by atoms with E-state index in [-0.39, 0.29) is 11.9 Å². The number of likely N-dealkylation sites (tertiary alicyclic amines) is 1. The van der Waals surface area contributed by atoms with Crippen LogP contribution in [-0.2, 0) is 14.3 Å². The molecule has 1 aliphatic carbocycles. The van der Waals surface area contributed by atoms with Gasteiger partial charge in [0.1, 0.15) is 29.4 Å². The summed E-state index contributed by atoms with van der Waals surface area (Å²) >= 11 is 0. The van der Waals surface area contributed by atoms with Crippen molar-refractivity contribution in [2.75, 3.05) is 47.1 Å². The van der Waals surface area contributed by atoms with Crippen LogP contribution >= 0.6 is 0 Å². The molecule has 0 amide bonds. The number of aliphatic imine (C=N–C) groups is 3. The van der Waals surface area contributed by atoms with E-state index in [9.17, 15) is 4.79 Å². The summed E-state index contributed by atoms with van der Waals surface area (Å²) in [5.41, 5.74) is 5.10. The zero-order valence-corrected chi connectivity index (χ0v) is 19.9. The summed E-state index contributed by atoms with van der Waals surface area (Å²) in [6.07, 6.45) is 11.7. The summed E-state index contributed by atoms with van der Waals surface area (Å²) in [7, 11) is 3.54. The molecule has 4 rings (SSSR count). The van der Waals surface area contributed by atoms with Gasteiger partial charge >= 0.3 is 0 Å². The number of nitrogens with one attached hydrogen (secondary N) is 1. The van der Waals surface area contributed by atoms with Crippen molar-refractivity contribution in [2.45, 2.75) is 31.4 Å². The van der Waals surface area contributed by atoms with E-state index in [0.29, 0.717) is 37.1 Å². The third-order valence-corrected chi connectivity index (χ3v) is 6.17. The summed E-state index contributed by atoms with van der Waals surface area (Å²) in [5.74, 6) is 2.16. The van der Waals surface area contributed by atoms with Crippen molar-refractivity contribution >= 4 is 23.8 Å². The van der Waals surface area contributed by atoms with Gasteiger partial charge in [-0.3, -0.25) is 14.7 Å². The number of carbonyl (C=O) groups excluding carboxylic acids is 1. The summed E-state index contributed by atoms with van der Waals surface area (Å²) in [4.78, 5) is 29.9. The van der Waals surface area contributed by atoms with E-state index < -0.39 is 6.04 Å². The van der Waals surface area contributed by atoms with Gasteiger partial charge < -0.3 is 19.7 Å². The van der Waals surface area contributed by atoms with Crippen molar-refractivity contribution in [2.24, 2.45) is 15.0 Å². The van der Waals surface area contributed by atoms with Crippen LogP contribution in [0.25, 0.3) is 0 Å². The Bertz CT molecular complexity index is 1030. The summed E-state index contributed by atoms with van der Waals surface area (Å²) in [6, 6.07) is -0.428. The second-order valence-corrected chi connectivity index (χ2v) is 8.48. The maximum absolute atomic E-state index is 12.8. The monoisotopic (exact) mass is 464 g/mol. The molecule has 2 saturated heterocycles. The molecule has 0 aromatic carbocycles. The molecule has 2 unspecified atom stereocenters. The Labute approximate surface area is 200 Å². The van der Waals surface area contributed by atoms with Gasteiger partial charge in [-0.1, -0.05) is 24.0 Å². The molecule has 0 spiro atoms. The molecule has 34 heavy (non-hydrogen) atoms. The number of fused-ring (bicyclic) bond motifs is 1. The normalized spacial score (nSPS) is 25.0. The molecule has 0 aromatic rings. The van der Waals surface area contributed by atoms with Gasteiger partial charge in [0.2, 0.25) is 0 Å². The largest absolute Gasteiger partial charge is 0.469 e. The quantitative estimate of drug-likeness (QED) is 0.255. The van der Waals surface area contributed by atoms with Gasteiger partial charge in [-0.25, -0.2) is 9.98 Å². The van der Waals surface area contributed by atoms with Gasteiger partial charge in [0.15, 0.2) is 18.4 Å². The van der Waals surface area contributed by atoms with Crippen molar-refractivity contribution in [3.8, 4) is 0 Å². The molecule has 1 N–H and O–H groups in total. The molecule has 2 atom stereocenters.